The van der Waals surface area contributed by atoms with Crippen LogP contribution in [0.4, 0.5) is 0 Å². The molecule has 2 heterocycles. The molecule has 0 N–H and O–H groups in total. The minimum absolute atomic E-state index is 0.0656. The Labute approximate surface area is 196 Å². The second-order valence-electron chi connectivity index (χ2n) is 7.53. The smallest absolute Gasteiger partial charge is 0.192 e. The fourth-order valence-electron chi connectivity index (χ4n) is 3.51. The number of ketones is 1. The molecule has 0 aliphatic rings. The number of benzene rings is 2. The second kappa shape index (κ2) is 9.95. The monoisotopic (exact) mass is 463 g/mol. The minimum Gasteiger partial charge on any atom is -0.497 e. The summed E-state index contributed by atoms with van der Waals surface area (Å²) in [7, 11) is 3.11. The van der Waals surface area contributed by atoms with Gasteiger partial charge in [0, 0.05) is 11.6 Å². The summed E-state index contributed by atoms with van der Waals surface area (Å²) in [6, 6.07) is 17.0. The lowest BCUT2D eigenvalue weighted by Crippen LogP contribution is -2.16. The van der Waals surface area contributed by atoms with Gasteiger partial charge in [0.2, 0.25) is 0 Å². The molecule has 8 heteroatoms. The van der Waals surface area contributed by atoms with Crippen LogP contribution in [0, 0.1) is 6.92 Å². The van der Waals surface area contributed by atoms with Gasteiger partial charge in [-0.25, -0.2) is 0 Å². The van der Waals surface area contributed by atoms with E-state index in [0.717, 1.165) is 22.7 Å². The lowest BCUT2D eigenvalue weighted by atomic mass is 10.1. The predicted octanol–water partition coefficient (Wildman–Crippen LogP) is 5.28. The molecule has 2 aromatic heterocycles. The number of ether oxygens (including phenoxy) is 2. The summed E-state index contributed by atoms with van der Waals surface area (Å²) in [5.41, 5.74) is 2.58. The van der Waals surface area contributed by atoms with Crippen molar-refractivity contribution in [3.05, 3.63) is 77.7 Å². The number of hydrogen-bond acceptors (Lipinski definition) is 7. The van der Waals surface area contributed by atoms with Crippen LogP contribution < -0.4 is 9.47 Å². The van der Waals surface area contributed by atoms with Crippen LogP contribution in [0.15, 0.2) is 70.4 Å². The first-order valence-electron chi connectivity index (χ1n) is 10.5. The Kier molecular flexibility index (Phi) is 6.84. The van der Waals surface area contributed by atoms with Gasteiger partial charge in [-0.2, -0.15) is 0 Å². The molecule has 2 aromatic carbocycles. The zero-order valence-electron chi connectivity index (χ0n) is 18.9. The van der Waals surface area contributed by atoms with Gasteiger partial charge in [0.1, 0.15) is 17.3 Å². The first kappa shape index (κ1) is 22.7. The summed E-state index contributed by atoms with van der Waals surface area (Å²) in [6.07, 6.45) is 1.64. The van der Waals surface area contributed by atoms with Gasteiger partial charge in [-0.1, -0.05) is 35.5 Å². The number of carbonyl (C=O) groups excluding carboxylic acids is 1. The molecule has 0 radical (unpaired) electrons. The van der Waals surface area contributed by atoms with E-state index < -0.39 is 5.25 Å². The Morgan fingerprint density at radius 2 is 1.94 bits per heavy atom. The molecule has 7 nitrogen and oxygen atoms in total. The number of carbonyl (C=O) groups is 1. The number of aryl methyl sites for hydroxylation is 1. The van der Waals surface area contributed by atoms with Gasteiger partial charge in [-0.3, -0.25) is 9.36 Å². The normalized spacial score (nSPS) is 11.9. The summed E-state index contributed by atoms with van der Waals surface area (Å²) in [5, 5.41) is 9.08. The molecule has 170 valence electrons. The third kappa shape index (κ3) is 4.96. The van der Waals surface area contributed by atoms with Crippen LogP contribution in [0.25, 0.3) is 11.4 Å². The number of Topliss-reactive ketones (excluding diaryl/α,β-unsaturated/α-hetero) is 1. The van der Waals surface area contributed by atoms with Gasteiger partial charge >= 0.3 is 0 Å². The Hall–Kier alpha value is -3.52. The van der Waals surface area contributed by atoms with Crippen LogP contribution in [0.5, 0.6) is 11.5 Å². The van der Waals surface area contributed by atoms with Crippen LogP contribution in [0.2, 0.25) is 0 Å². The van der Waals surface area contributed by atoms with Crippen molar-refractivity contribution in [1.82, 2.24) is 14.8 Å². The molecule has 0 unspecified atom stereocenters. The van der Waals surface area contributed by atoms with Crippen LogP contribution in [0.1, 0.15) is 28.6 Å². The van der Waals surface area contributed by atoms with E-state index in [0.29, 0.717) is 28.8 Å². The van der Waals surface area contributed by atoms with E-state index in [2.05, 4.69) is 16.3 Å². The molecule has 4 aromatic rings. The molecular weight excluding hydrogens is 438 g/mol. The molecule has 0 saturated carbocycles. The van der Waals surface area contributed by atoms with Crippen molar-refractivity contribution in [1.29, 1.82) is 0 Å². The van der Waals surface area contributed by atoms with Crippen LogP contribution in [-0.2, 0) is 6.54 Å². The second-order valence-corrected chi connectivity index (χ2v) is 8.84. The van der Waals surface area contributed by atoms with Gasteiger partial charge in [0.25, 0.3) is 0 Å². The number of thioether (sulfide) groups is 1. The Balaban J connectivity index is 1.65. The van der Waals surface area contributed by atoms with Gasteiger partial charge in [-0.05, 0) is 44.2 Å². The molecule has 1 atom stereocenters. The average Bonchev–Trinajstić information content (AvgIpc) is 3.48. The van der Waals surface area contributed by atoms with E-state index in [1.165, 1.54) is 18.9 Å². The molecule has 0 fully saturated rings. The molecule has 0 bridgehead atoms. The molecule has 33 heavy (non-hydrogen) atoms. The summed E-state index contributed by atoms with van der Waals surface area (Å²) < 4.78 is 18.2. The highest BCUT2D eigenvalue weighted by molar-refractivity contribution is 8.00. The van der Waals surface area contributed by atoms with Crippen LogP contribution in [-0.4, -0.2) is 40.0 Å². The maximum Gasteiger partial charge on any atom is 0.192 e. The highest BCUT2D eigenvalue weighted by Gasteiger charge is 2.24. The third-order valence-corrected chi connectivity index (χ3v) is 6.29. The summed E-state index contributed by atoms with van der Waals surface area (Å²) >= 11 is 1.36. The van der Waals surface area contributed by atoms with Crippen molar-refractivity contribution in [3.8, 4) is 22.9 Å². The SMILES string of the molecule is COc1ccc(C(=O)[C@H](C)Sc2nnc(-c3cccc(C)c3)n2Cc2ccco2)c(OC)c1. The van der Waals surface area contributed by atoms with E-state index in [1.807, 2.05) is 48.7 Å². The number of furan rings is 1. The maximum atomic E-state index is 13.3. The molecule has 0 spiro atoms. The number of hydrogen-bond donors (Lipinski definition) is 0. The van der Waals surface area contributed by atoms with Crippen LogP contribution in [0.3, 0.4) is 0 Å². The maximum absolute atomic E-state index is 13.3. The minimum atomic E-state index is -0.419. The van der Waals surface area contributed by atoms with Crippen molar-refractivity contribution in [2.75, 3.05) is 14.2 Å². The first-order chi connectivity index (χ1) is 16.0. The standard InChI is InChI=1S/C25H25N3O4S/c1-16-7-5-8-18(13-16)24-26-27-25(28(24)15-20-9-6-12-32-20)33-17(2)23(29)21-11-10-19(30-3)14-22(21)31-4/h5-14,17H,15H2,1-4H3/t17-/m0/s1. The zero-order chi connectivity index (χ0) is 23.4. The predicted molar refractivity (Wildman–Crippen MR) is 127 cm³/mol. The Morgan fingerprint density at radius 1 is 1.09 bits per heavy atom. The Bertz CT molecular complexity index is 1250. The summed E-state index contributed by atoms with van der Waals surface area (Å²) in [4.78, 5) is 13.3. The average molecular weight is 464 g/mol. The number of aromatic nitrogens is 3. The summed E-state index contributed by atoms with van der Waals surface area (Å²) in [6.45, 7) is 4.35. The topological polar surface area (TPSA) is 79.4 Å². The highest BCUT2D eigenvalue weighted by Crippen LogP contribution is 2.32. The van der Waals surface area contributed by atoms with E-state index in [-0.39, 0.29) is 5.78 Å². The number of rotatable bonds is 9. The van der Waals surface area contributed by atoms with Gasteiger partial charge in [-0.15, -0.1) is 10.2 Å². The van der Waals surface area contributed by atoms with E-state index in [1.54, 1.807) is 31.6 Å². The van der Waals surface area contributed by atoms with E-state index in [9.17, 15) is 4.79 Å². The fraction of sp³-hybridized carbons (Fsp3) is 0.240. The van der Waals surface area contributed by atoms with E-state index >= 15 is 0 Å². The third-order valence-electron chi connectivity index (χ3n) is 5.21. The molecule has 0 saturated heterocycles. The van der Waals surface area contributed by atoms with Crippen molar-refractivity contribution in [2.24, 2.45) is 0 Å². The van der Waals surface area contributed by atoms with Gasteiger partial charge < -0.3 is 13.9 Å². The lowest BCUT2D eigenvalue weighted by molar-refractivity contribution is 0.0991. The zero-order valence-corrected chi connectivity index (χ0v) is 19.8. The molecular formula is C25H25N3O4S. The van der Waals surface area contributed by atoms with Gasteiger partial charge in [0.15, 0.2) is 16.8 Å². The van der Waals surface area contributed by atoms with Gasteiger partial charge in [0.05, 0.1) is 37.8 Å². The number of nitrogens with zero attached hydrogens (tertiary/aromatic N) is 3. The highest BCUT2D eigenvalue weighted by atomic mass is 32.2. The first-order valence-corrected chi connectivity index (χ1v) is 11.3. The molecule has 0 amide bonds. The van der Waals surface area contributed by atoms with E-state index in [4.69, 9.17) is 13.9 Å². The molecule has 0 aliphatic heterocycles. The van der Waals surface area contributed by atoms with Crippen LogP contribution >= 0.6 is 11.8 Å². The number of methoxy groups -OCH3 is 2. The van der Waals surface area contributed by atoms with Crippen molar-refractivity contribution in [2.45, 2.75) is 30.8 Å². The van der Waals surface area contributed by atoms with Crippen molar-refractivity contribution >= 4 is 17.5 Å². The Morgan fingerprint density at radius 3 is 2.64 bits per heavy atom. The quantitative estimate of drug-likeness (QED) is 0.247. The lowest BCUT2D eigenvalue weighted by Gasteiger charge is -2.15. The van der Waals surface area contributed by atoms with Crippen molar-refractivity contribution in [3.63, 3.8) is 0 Å². The molecule has 0 aliphatic carbocycles. The largest absolute Gasteiger partial charge is 0.497 e. The molecule has 4 rings (SSSR count). The fourth-order valence-corrected chi connectivity index (χ4v) is 4.42. The van der Waals surface area contributed by atoms with Crippen molar-refractivity contribution < 1.29 is 18.7 Å². The summed E-state index contributed by atoms with van der Waals surface area (Å²) in [5.74, 6) is 2.54.